The van der Waals surface area contributed by atoms with Crippen molar-refractivity contribution in [2.45, 2.75) is 6.42 Å². The Morgan fingerprint density at radius 1 is 0.826 bits per heavy atom. The fraction of sp³-hybridized carbons (Fsp3) is 0.0526. The molecule has 0 atom stereocenters. The summed E-state index contributed by atoms with van der Waals surface area (Å²) in [6, 6.07) is 23.6. The summed E-state index contributed by atoms with van der Waals surface area (Å²) < 4.78 is 0. The van der Waals surface area contributed by atoms with Crippen LogP contribution in [0.2, 0.25) is 0 Å². The number of hydrogen-bond acceptors (Lipinski definition) is 1. The molecular weight excluding hydrogens is 365 g/mol. The molecule has 0 aliphatic heterocycles. The summed E-state index contributed by atoms with van der Waals surface area (Å²) in [5.74, 6) is 0. The van der Waals surface area contributed by atoms with Gasteiger partial charge in [-0.3, -0.25) is 4.98 Å². The Hall–Kier alpha value is -1.43. The van der Waals surface area contributed by atoms with Crippen LogP contribution in [0.15, 0.2) is 72.9 Å². The topological polar surface area (TPSA) is 12.9 Å². The van der Waals surface area contributed by atoms with E-state index in [0.717, 1.165) is 11.9 Å². The van der Waals surface area contributed by atoms with Crippen molar-refractivity contribution in [2.24, 2.45) is 0 Å². The van der Waals surface area contributed by atoms with Gasteiger partial charge in [0.15, 0.2) is 0 Å². The first-order chi connectivity index (χ1) is 9.90. The molecule has 0 fully saturated rings. The minimum atomic E-state index is 0. The summed E-state index contributed by atoms with van der Waals surface area (Å²) in [5, 5.41) is 3.84. The van der Waals surface area contributed by atoms with Gasteiger partial charge in [-0.15, -0.1) is 40.6 Å². The molecule has 0 bridgehead atoms. The third-order valence-electron chi connectivity index (χ3n) is 3.79. The standard InChI is InChI=1S/C19H14N.2ClH.Cr/c1-2-6-17-12-14(11-16(17)5-1)13-18-8-3-7-15-9-4-10-20-19(15)18;;;/h1-12H,13H2;2*1H;/q-1;;;+3/p-2. The quantitative estimate of drug-likeness (QED) is 0.395. The molecule has 3 aromatic carbocycles. The summed E-state index contributed by atoms with van der Waals surface area (Å²) in [7, 11) is 0. The summed E-state index contributed by atoms with van der Waals surface area (Å²) >= 11 is 0. The number of hydrogen-bond donors (Lipinski definition) is 0. The molecule has 0 spiro atoms. The number of para-hydroxylation sites is 1. The van der Waals surface area contributed by atoms with Crippen molar-refractivity contribution in [1.29, 1.82) is 0 Å². The molecule has 4 rings (SSSR count). The van der Waals surface area contributed by atoms with E-state index in [4.69, 9.17) is 0 Å². The molecule has 0 saturated heterocycles. The van der Waals surface area contributed by atoms with E-state index >= 15 is 0 Å². The van der Waals surface area contributed by atoms with E-state index in [9.17, 15) is 0 Å². The van der Waals surface area contributed by atoms with E-state index in [1.54, 1.807) is 0 Å². The molecule has 0 N–H and O–H groups in total. The molecular formula is C19H14Cl2CrN. The van der Waals surface area contributed by atoms with Crippen LogP contribution in [0.25, 0.3) is 21.7 Å². The Morgan fingerprint density at radius 3 is 2.39 bits per heavy atom. The minimum Gasteiger partial charge on any atom is -1.00 e. The maximum Gasteiger partial charge on any atom is 3.00 e. The largest absolute Gasteiger partial charge is 3.00 e. The van der Waals surface area contributed by atoms with Gasteiger partial charge in [0.25, 0.3) is 0 Å². The van der Waals surface area contributed by atoms with Crippen LogP contribution in [0.5, 0.6) is 0 Å². The van der Waals surface area contributed by atoms with Gasteiger partial charge in [0, 0.05) is 11.6 Å². The van der Waals surface area contributed by atoms with E-state index < -0.39 is 0 Å². The predicted molar refractivity (Wildman–Crippen MR) is 84.1 cm³/mol. The van der Waals surface area contributed by atoms with Gasteiger partial charge in [-0.2, -0.15) is 6.07 Å². The molecule has 1 aromatic heterocycles. The van der Waals surface area contributed by atoms with E-state index in [0.29, 0.717) is 0 Å². The van der Waals surface area contributed by atoms with Crippen molar-refractivity contribution in [3.8, 4) is 0 Å². The molecule has 4 heteroatoms. The molecule has 1 nitrogen and oxygen atoms in total. The van der Waals surface area contributed by atoms with E-state index in [2.05, 4.69) is 65.6 Å². The van der Waals surface area contributed by atoms with Crippen LogP contribution in [-0.4, -0.2) is 4.98 Å². The zero-order valence-electron chi connectivity index (χ0n) is 12.2. The van der Waals surface area contributed by atoms with E-state index in [-0.39, 0.29) is 42.2 Å². The van der Waals surface area contributed by atoms with Gasteiger partial charge in [0.1, 0.15) is 0 Å². The van der Waals surface area contributed by atoms with Gasteiger partial charge in [0.2, 0.25) is 0 Å². The first-order valence-electron chi connectivity index (χ1n) is 6.87. The molecule has 0 saturated carbocycles. The fourth-order valence-electron chi connectivity index (χ4n) is 2.85. The van der Waals surface area contributed by atoms with E-state index in [1.165, 1.54) is 27.3 Å². The van der Waals surface area contributed by atoms with Crippen molar-refractivity contribution in [2.75, 3.05) is 0 Å². The normalized spacial score (nSPS) is 9.74. The van der Waals surface area contributed by atoms with Crippen molar-refractivity contribution >= 4 is 21.7 Å². The van der Waals surface area contributed by atoms with Gasteiger partial charge in [-0.05, 0) is 18.1 Å². The van der Waals surface area contributed by atoms with Gasteiger partial charge in [-0.1, -0.05) is 30.3 Å². The third-order valence-corrected chi connectivity index (χ3v) is 3.79. The fourth-order valence-corrected chi connectivity index (χ4v) is 2.85. The number of fused-ring (bicyclic) bond motifs is 2. The smallest absolute Gasteiger partial charge is 1.00 e. The molecule has 23 heavy (non-hydrogen) atoms. The number of pyridine rings is 1. The van der Waals surface area contributed by atoms with Crippen molar-refractivity contribution in [3.05, 3.63) is 84.1 Å². The van der Waals surface area contributed by atoms with Crippen LogP contribution in [0.3, 0.4) is 0 Å². The number of halogens is 2. The molecule has 0 unspecified atom stereocenters. The predicted octanol–water partition coefficient (Wildman–Crippen LogP) is -1.30. The van der Waals surface area contributed by atoms with Gasteiger partial charge in [0.05, 0.1) is 5.52 Å². The zero-order chi connectivity index (χ0) is 13.4. The van der Waals surface area contributed by atoms with Crippen LogP contribution in [0, 0.1) is 0 Å². The Morgan fingerprint density at radius 2 is 1.57 bits per heavy atom. The number of benzene rings is 2. The van der Waals surface area contributed by atoms with Gasteiger partial charge >= 0.3 is 17.4 Å². The second kappa shape index (κ2) is 8.43. The summed E-state index contributed by atoms with van der Waals surface area (Å²) in [6.07, 6.45) is 2.80. The number of rotatable bonds is 2. The monoisotopic (exact) mass is 378 g/mol. The molecule has 1 radical (unpaired) electrons. The molecule has 0 amide bonds. The average molecular weight is 379 g/mol. The van der Waals surface area contributed by atoms with Gasteiger partial charge < -0.3 is 24.8 Å². The number of nitrogens with zero attached hydrogens (tertiary/aromatic N) is 1. The maximum atomic E-state index is 4.53. The summed E-state index contributed by atoms with van der Waals surface area (Å²) in [4.78, 5) is 4.53. The third kappa shape index (κ3) is 3.92. The molecule has 0 aliphatic rings. The van der Waals surface area contributed by atoms with Crippen molar-refractivity contribution in [3.63, 3.8) is 0 Å². The Kier molecular flexibility index (Phi) is 7.19. The molecule has 1 heterocycles. The SMILES string of the molecule is [Cl-].[Cl-].[Cr+3].c1ccc2[cH-]c(Cc3cccc4cccnc34)cc2c1. The Labute approximate surface area is 159 Å². The van der Waals surface area contributed by atoms with Crippen LogP contribution in [0.4, 0.5) is 0 Å². The van der Waals surface area contributed by atoms with Crippen molar-refractivity contribution in [1.82, 2.24) is 4.98 Å². The van der Waals surface area contributed by atoms with Crippen LogP contribution < -0.4 is 24.8 Å². The Balaban J connectivity index is 0.000000882. The number of aromatic nitrogens is 1. The minimum absolute atomic E-state index is 0. The second-order valence-electron chi connectivity index (χ2n) is 5.16. The molecule has 115 valence electrons. The van der Waals surface area contributed by atoms with Crippen molar-refractivity contribution < 1.29 is 42.2 Å². The summed E-state index contributed by atoms with van der Waals surface area (Å²) in [5.41, 5.74) is 3.75. The van der Waals surface area contributed by atoms with Gasteiger partial charge in [-0.25, -0.2) is 0 Å². The second-order valence-corrected chi connectivity index (χ2v) is 5.16. The van der Waals surface area contributed by atoms with E-state index in [1.807, 2.05) is 12.3 Å². The first kappa shape index (κ1) is 19.6. The molecule has 0 aliphatic carbocycles. The van der Waals surface area contributed by atoms with Crippen LogP contribution >= 0.6 is 0 Å². The van der Waals surface area contributed by atoms with Crippen LogP contribution in [-0.2, 0) is 23.8 Å². The molecule has 4 aromatic rings. The average Bonchev–Trinajstić information content (AvgIpc) is 2.90. The zero-order valence-corrected chi connectivity index (χ0v) is 15.0. The first-order valence-corrected chi connectivity index (χ1v) is 6.87. The maximum absolute atomic E-state index is 4.53. The summed E-state index contributed by atoms with van der Waals surface area (Å²) in [6.45, 7) is 0. The van der Waals surface area contributed by atoms with Crippen LogP contribution in [0.1, 0.15) is 11.1 Å². The Bertz CT molecular complexity index is 864.